The molecule has 4 nitrogen and oxygen atoms in total. The fourth-order valence-corrected chi connectivity index (χ4v) is 3.08. The molecule has 2 rings (SSSR count). The van der Waals surface area contributed by atoms with Crippen LogP contribution in [0.1, 0.15) is 24.3 Å². The number of rotatable bonds is 5. The maximum absolute atomic E-state index is 11.9. The topological polar surface area (TPSA) is 68.0 Å². The first-order valence-electron chi connectivity index (χ1n) is 6.71. The lowest BCUT2D eigenvalue weighted by Gasteiger charge is -2.13. The van der Waals surface area contributed by atoms with Gasteiger partial charge in [0.25, 0.3) is 0 Å². The number of amides is 1. The first-order valence-corrected chi connectivity index (χ1v) is 8.32. The highest BCUT2D eigenvalue weighted by atomic mass is 79.9. The van der Waals surface area contributed by atoms with E-state index in [1.165, 1.54) is 16.9 Å². The average Bonchev–Trinajstić information content (AvgIpc) is 2.84. The number of carbonyl (C=O) groups excluding carboxylic acids is 1. The zero-order valence-corrected chi connectivity index (χ0v) is 14.4. The van der Waals surface area contributed by atoms with Crippen LogP contribution >= 0.6 is 27.3 Å². The lowest BCUT2D eigenvalue weighted by molar-refractivity contribution is -0.118. The second-order valence-corrected chi connectivity index (χ2v) is 7.23. The summed E-state index contributed by atoms with van der Waals surface area (Å²) in [6.07, 6.45) is 2.59. The molecule has 0 spiro atoms. The number of hydrogen-bond donors (Lipinski definition) is 2. The van der Waals surface area contributed by atoms with Crippen molar-refractivity contribution in [3.8, 4) is 0 Å². The Morgan fingerprint density at radius 2 is 2.24 bits per heavy atom. The van der Waals surface area contributed by atoms with Gasteiger partial charge in [-0.2, -0.15) is 0 Å². The zero-order valence-electron chi connectivity index (χ0n) is 12.0. The Balaban J connectivity index is 2.00. The SMILES string of the molecule is CC(C)[C@H](N)C(=O)Nc1ncc(Cc2cccc(Br)c2)s1. The summed E-state index contributed by atoms with van der Waals surface area (Å²) < 4.78 is 1.06. The van der Waals surface area contributed by atoms with Crippen molar-refractivity contribution < 1.29 is 4.79 Å². The normalized spacial score (nSPS) is 12.4. The molecule has 0 aliphatic heterocycles. The lowest BCUT2D eigenvalue weighted by atomic mass is 10.1. The molecule has 0 bridgehead atoms. The minimum atomic E-state index is -0.512. The van der Waals surface area contributed by atoms with E-state index in [-0.39, 0.29) is 11.8 Å². The van der Waals surface area contributed by atoms with Gasteiger partial charge in [0.1, 0.15) is 0 Å². The van der Waals surface area contributed by atoms with Gasteiger partial charge in [0.2, 0.25) is 5.91 Å². The molecule has 1 atom stereocenters. The van der Waals surface area contributed by atoms with Gasteiger partial charge in [-0.15, -0.1) is 11.3 Å². The quantitative estimate of drug-likeness (QED) is 0.850. The molecular weight excluding hydrogens is 350 g/mol. The first-order chi connectivity index (χ1) is 9.95. The van der Waals surface area contributed by atoms with Crippen LogP contribution in [-0.4, -0.2) is 16.9 Å². The van der Waals surface area contributed by atoms with Crippen LogP contribution < -0.4 is 11.1 Å². The van der Waals surface area contributed by atoms with E-state index in [2.05, 4.69) is 38.4 Å². The fraction of sp³-hybridized carbons (Fsp3) is 0.333. The summed E-state index contributed by atoms with van der Waals surface area (Å²) in [5.41, 5.74) is 7.01. The van der Waals surface area contributed by atoms with Crippen molar-refractivity contribution in [3.63, 3.8) is 0 Å². The van der Waals surface area contributed by atoms with E-state index in [4.69, 9.17) is 5.73 Å². The van der Waals surface area contributed by atoms with Crippen molar-refractivity contribution in [1.82, 2.24) is 4.98 Å². The Labute approximate surface area is 136 Å². The molecule has 2 aromatic rings. The molecule has 6 heteroatoms. The largest absolute Gasteiger partial charge is 0.320 e. The number of nitrogens with two attached hydrogens (primary N) is 1. The molecule has 0 unspecified atom stereocenters. The van der Waals surface area contributed by atoms with Gasteiger partial charge in [-0.3, -0.25) is 4.79 Å². The van der Waals surface area contributed by atoms with Crippen LogP contribution in [0, 0.1) is 5.92 Å². The van der Waals surface area contributed by atoms with Crippen LogP contribution in [0.5, 0.6) is 0 Å². The Hall–Kier alpha value is -1.24. The molecule has 0 saturated heterocycles. The zero-order chi connectivity index (χ0) is 15.4. The molecular formula is C15H18BrN3OS. The molecule has 0 saturated carbocycles. The number of anilines is 1. The Morgan fingerprint density at radius 3 is 2.90 bits per heavy atom. The fourth-order valence-electron chi connectivity index (χ4n) is 1.79. The van der Waals surface area contributed by atoms with Gasteiger partial charge in [0, 0.05) is 22.0 Å². The molecule has 1 aromatic heterocycles. The number of nitrogens with one attached hydrogen (secondary N) is 1. The molecule has 1 aromatic carbocycles. The molecule has 21 heavy (non-hydrogen) atoms. The van der Waals surface area contributed by atoms with Gasteiger partial charge in [0.15, 0.2) is 5.13 Å². The predicted molar refractivity (Wildman–Crippen MR) is 90.5 cm³/mol. The molecule has 0 aliphatic rings. The molecule has 112 valence electrons. The minimum Gasteiger partial charge on any atom is -0.320 e. The van der Waals surface area contributed by atoms with E-state index in [9.17, 15) is 4.79 Å². The summed E-state index contributed by atoms with van der Waals surface area (Å²) in [5, 5.41) is 3.37. The Morgan fingerprint density at radius 1 is 1.48 bits per heavy atom. The lowest BCUT2D eigenvalue weighted by Crippen LogP contribution is -2.39. The van der Waals surface area contributed by atoms with Crippen LogP contribution in [-0.2, 0) is 11.2 Å². The van der Waals surface area contributed by atoms with Gasteiger partial charge in [0.05, 0.1) is 6.04 Å². The monoisotopic (exact) mass is 367 g/mol. The third kappa shape index (κ3) is 4.62. The summed E-state index contributed by atoms with van der Waals surface area (Å²) >= 11 is 4.94. The van der Waals surface area contributed by atoms with Gasteiger partial charge >= 0.3 is 0 Å². The Kier molecular flexibility index (Phi) is 5.50. The number of benzene rings is 1. The second-order valence-electron chi connectivity index (χ2n) is 5.20. The van der Waals surface area contributed by atoms with Crippen molar-refractivity contribution in [2.24, 2.45) is 11.7 Å². The highest BCUT2D eigenvalue weighted by Crippen LogP contribution is 2.22. The van der Waals surface area contributed by atoms with Gasteiger partial charge in [-0.05, 0) is 23.6 Å². The third-order valence-corrected chi connectivity index (χ3v) is 4.48. The van der Waals surface area contributed by atoms with Crippen LogP contribution in [0.3, 0.4) is 0 Å². The van der Waals surface area contributed by atoms with Crippen molar-refractivity contribution in [2.45, 2.75) is 26.3 Å². The van der Waals surface area contributed by atoms with Gasteiger partial charge in [-0.1, -0.05) is 41.9 Å². The molecule has 0 aliphatic carbocycles. The average molecular weight is 368 g/mol. The number of hydrogen-bond acceptors (Lipinski definition) is 4. The van der Waals surface area contributed by atoms with E-state index >= 15 is 0 Å². The van der Waals surface area contributed by atoms with E-state index in [1.54, 1.807) is 6.20 Å². The maximum Gasteiger partial charge on any atom is 0.243 e. The highest BCUT2D eigenvalue weighted by Gasteiger charge is 2.18. The highest BCUT2D eigenvalue weighted by molar-refractivity contribution is 9.10. The summed E-state index contributed by atoms with van der Waals surface area (Å²) in [4.78, 5) is 17.2. The number of aromatic nitrogens is 1. The van der Waals surface area contributed by atoms with Crippen LogP contribution in [0.2, 0.25) is 0 Å². The molecule has 1 amide bonds. The summed E-state index contributed by atoms with van der Waals surface area (Å²) in [6, 6.07) is 7.63. The van der Waals surface area contributed by atoms with Crippen LogP contribution in [0.4, 0.5) is 5.13 Å². The van der Waals surface area contributed by atoms with E-state index in [0.717, 1.165) is 15.8 Å². The van der Waals surface area contributed by atoms with Crippen molar-refractivity contribution in [1.29, 1.82) is 0 Å². The number of carbonyl (C=O) groups is 1. The standard InChI is InChI=1S/C15H18BrN3OS/c1-9(2)13(17)14(20)19-15-18-8-12(21-15)7-10-4-3-5-11(16)6-10/h3-6,8-9,13H,7,17H2,1-2H3,(H,18,19,20)/t13-/m0/s1. The summed E-state index contributed by atoms with van der Waals surface area (Å²) in [7, 11) is 0. The number of halogens is 1. The predicted octanol–water partition coefficient (Wildman–Crippen LogP) is 3.42. The number of thiazole rings is 1. The van der Waals surface area contributed by atoms with Crippen LogP contribution in [0.25, 0.3) is 0 Å². The van der Waals surface area contributed by atoms with Crippen LogP contribution in [0.15, 0.2) is 34.9 Å². The third-order valence-electron chi connectivity index (χ3n) is 3.07. The van der Waals surface area contributed by atoms with E-state index < -0.39 is 6.04 Å². The van der Waals surface area contributed by atoms with Gasteiger partial charge in [-0.25, -0.2) is 4.98 Å². The molecule has 0 fully saturated rings. The first kappa shape index (κ1) is 16.1. The van der Waals surface area contributed by atoms with Crippen molar-refractivity contribution in [3.05, 3.63) is 45.4 Å². The molecule has 3 N–H and O–H groups in total. The second kappa shape index (κ2) is 7.15. The van der Waals surface area contributed by atoms with Crippen molar-refractivity contribution >= 4 is 38.3 Å². The van der Waals surface area contributed by atoms with E-state index in [1.807, 2.05) is 26.0 Å². The van der Waals surface area contributed by atoms with Gasteiger partial charge < -0.3 is 11.1 Å². The summed E-state index contributed by atoms with van der Waals surface area (Å²) in [6.45, 7) is 3.84. The number of nitrogens with zero attached hydrogens (tertiary/aromatic N) is 1. The smallest absolute Gasteiger partial charge is 0.243 e. The minimum absolute atomic E-state index is 0.103. The molecule has 0 radical (unpaired) electrons. The molecule has 1 heterocycles. The maximum atomic E-state index is 11.9. The summed E-state index contributed by atoms with van der Waals surface area (Å²) in [5.74, 6) is -0.0838. The van der Waals surface area contributed by atoms with Crippen molar-refractivity contribution in [2.75, 3.05) is 5.32 Å². The van der Waals surface area contributed by atoms with E-state index in [0.29, 0.717) is 5.13 Å². The Bertz CT molecular complexity index is 627.